The Bertz CT molecular complexity index is 221. The van der Waals surface area contributed by atoms with Crippen molar-refractivity contribution in [3.8, 4) is 0 Å². The van der Waals surface area contributed by atoms with Crippen LogP contribution < -0.4 is 0 Å². The van der Waals surface area contributed by atoms with E-state index in [1.165, 1.54) is 0 Å². The average Bonchev–Trinajstić information content (AvgIpc) is 2.00. The van der Waals surface area contributed by atoms with Crippen LogP contribution in [0.1, 0.15) is 34.6 Å². The number of hydrogen-bond acceptors (Lipinski definition) is 2. The summed E-state index contributed by atoms with van der Waals surface area (Å²) >= 11 is 0. The summed E-state index contributed by atoms with van der Waals surface area (Å²) in [7, 11) is 0. The number of aliphatic hydroxyl groups excluding tert-OH is 1. The fraction of sp³-hybridized carbons (Fsp3) is 0.667. The highest BCUT2D eigenvalue weighted by molar-refractivity contribution is 5.18. The van der Waals surface area contributed by atoms with Crippen LogP contribution in [0.2, 0.25) is 0 Å². The zero-order valence-electron chi connectivity index (χ0n) is 9.92. The van der Waals surface area contributed by atoms with Gasteiger partial charge in [0.2, 0.25) is 0 Å². The van der Waals surface area contributed by atoms with E-state index in [0.29, 0.717) is 12.4 Å². The Hall–Kier alpha value is -0.760. The molecule has 82 valence electrons. The van der Waals surface area contributed by atoms with Crippen LogP contribution >= 0.6 is 0 Å². The van der Waals surface area contributed by atoms with Crippen molar-refractivity contribution in [1.82, 2.24) is 0 Å². The Balaban J connectivity index is 4.74. The summed E-state index contributed by atoms with van der Waals surface area (Å²) < 4.78 is 5.39. The van der Waals surface area contributed by atoms with Gasteiger partial charge in [0.1, 0.15) is 11.9 Å². The molecule has 0 saturated heterocycles. The highest BCUT2D eigenvalue weighted by Crippen LogP contribution is 2.26. The molecule has 0 spiro atoms. The second-order valence-electron chi connectivity index (χ2n) is 4.59. The molecule has 0 bridgehead atoms. The third-order valence-corrected chi connectivity index (χ3v) is 1.79. The lowest BCUT2D eigenvalue weighted by atomic mass is 9.87. The SMILES string of the molecule is C=C(C)/C=C(\OCC)C(O)C(C)(C)C. The topological polar surface area (TPSA) is 29.5 Å². The van der Waals surface area contributed by atoms with Crippen LogP contribution in [-0.2, 0) is 4.74 Å². The molecule has 1 atom stereocenters. The van der Waals surface area contributed by atoms with Crippen molar-refractivity contribution >= 4 is 0 Å². The van der Waals surface area contributed by atoms with E-state index in [2.05, 4.69) is 6.58 Å². The van der Waals surface area contributed by atoms with Crippen molar-refractivity contribution in [2.24, 2.45) is 5.41 Å². The summed E-state index contributed by atoms with van der Waals surface area (Å²) in [5, 5.41) is 9.99. The first-order chi connectivity index (χ1) is 6.29. The second kappa shape index (κ2) is 5.20. The lowest BCUT2D eigenvalue weighted by Crippen LogP contribution is -2.29. The molecule has 14 heavy (non-hydrogen) atoms. The normalized spacial score (nSPS) is 15.1. The molecule has 2 nitrogen and oxygen atoms in total. The van der Waals surface area contributed by atoms with E-state index in [-0.39, 0.29) is 5.41 Å². The van der Waals surface area contributed by atoms with Gasteiger partial charge in [-0.1, -0.05) is 32.9 Å². The van der Waals surface area contributed by atoms with Crippen LogP contribution in [-0.4, -0.2) is 17.8 Å². The molecule has 0 radical (unpaired) electrons. The van der Waals surface area contributed by atoms with E-state index >= 15 is 0 Å². The summed E-state index contributed by atoms with van der Waals surface area (Å²) in [6, 6.07) is 0. The van der Waals surface area contributed by atoms with E-state index < -0.39 is 6.10 Å². The molecular formula is C12H22O2. The van der Waals surface area contributed by atoms with Crippen LogP contribution in [0.4, 0.5) is 0 Å². The van der Waals surface area contributed by atoms with Gasteiger partial charge in [-0.15, -0.1) is 0 Å². The maximum Gasteiger partial charge on any atom is 0.125 e. The molecule has 0 aliphatic heterocycles. The molecule has 0 heterocycles. The maximum absolute atomic E-state index is 9.99. The standard InChI is InChI=1S/C12H22O2/c1-7-14-10(8-9(2)3)11(13)12(4,5)6/h8,11,13H,2,7H2,1,3-6H3/b10-8-. The molecular weight excluding hydrogens is 176 g/mol. The van der Waals surface area contributed by atoms with E-state index in [1.807, 2.05) is 34.6 Å². The molecule has 0 rings (SSSR count). The van der Waals surface area contributed by atoms with Gasteiger partial charge < -0.3 is 9.84 Å². The van der Waals surface area contributed by atoms with Crippen LogP contribution in [0, 0.1) is 5.41 Å². The van der Waals surface area contributed by atoms with Crippen molar-refractivity contribution in [2.45, 2.75) is 40.7 Å². The highest BCUT2D eigenvalue weighted by atomic mass is 16.5. The summed E-state index contributed by atoms with van der Waals surface area (Å²) in [5.41, 5.74) is 0.674. The molecule has 1 N–H and O–H groups in total. The smallest absolute Gasteiger partial charge is 0.125 e. The van der Waals surface area contributed by atoms with Crippen LogP contribution in [0.3, 0.4) is 0 Å². The first kappa shape index (κ1) is 13.2. The van der Waals surface area contributed by atoms with Gasteiger partial charge in [0, 0.05) is 0 Å². The third kappa shape index (κ3) is 4.47. The van der Waals surface area contributed by atoms with Gasteiger partial charge in [0.05, 0.1) is 6.61 Å². The van der Waals surface area contributed by atoms with Crippen molar-refractivity contribution in [3.63, 3.8) is 0 Å². The number of allylic oxidation sites excluding steroid dienone is 2. The van der Waals surface area contributed by atoms with Gasteiger partial charge >= 0.3 is 0 Å². The molecule has 0 aromatic rings. The summed E-state index contributed by atoms with van der Waals surface area (Å²) in [6.07, 6.45) is 1.21. The van der Waals surface area contributed by atoms with Gasteiger partial charge in [-0.3, -0.25) is 0 Å². The average molecular weight is 198 g/mol. The quantitative estimate of drug-likeness (QED) is 0.556. The Morgan fingerprint density at radius 2 is 2.00 bits per heavy atom. The zero-order chi connectivity index (χ0) is 11.4. The van der Waals surface area contributed by atoms with Gasteiger partial charge in [-0.2, -0.15) is 0 Å². The maximum atomic E-state index is 9.99. The number of rotatable bonds is 4. The van der Waals surface area contributed by atoms with Gasteiger partial charge in [-0.05, 0) is 25.3 Å². The Morgan fingerprint density at radius 1 is 1.50 bits per heavy atom. The summed E-state index contributed by atoms with van der Waals surface area (Å²) in [4.78, 5) is 0. The minimum Gasteiger partial charge on any atom is -0.495 e. The third-order valence-electron chi connectivity index (χ3n) is 1.79. The van der Waals surface area contributed by atoms with Crippen molar-refractivity contribution in [2.75, 3.05) is 6.61 Å². The lowest BCUT2D eigenvalue weighted by molar-refractivity contribution is 0.0347. The predicted octanol–water partition coefficient (Wildman–Crippen LogP) is 2.89. The summed E-state index contributed by atoms with van der Waals surface area (Å²) in [6.45, 7) is 14.0. The molecule has 0 aromatic carbocycles. The number of hydrogen-bond donors (Lipinski definition) is 1. The van der Waals surface area contributed by atoms with Crippen LogP contribution in [0.15, 0.2) is 24.0 Å². The molecule has 1 unspecified atom stereocenters. The van der Waals surface area contributed by atoms with Gasteiger partial charge in [0.25, 0.3) is 0 Å². The molecule has 0 aliphatic carbocycles. The molecule has 2 heteroatoms. The number of aliphatic hydroxyl groups is 1. The van der Waals surface area contributed by atoms with E-state index in [0.717, 1.165) is 5.57 Å². The van der Waals surface area contributed by atoms with E-state index in [4.69, 9.17) is 4.74 Å². The molecule has 0 amide bonds. The number of ether oxygens (including phenoxy) is 1. The van der Waals surface area contributed by atoms with Crippen molar-refractivity contribution in [1.29, 1.82) is 0 Å². The molecule has 0 fully saturated rings. The highest BCUT2D eigenvalue weighted by Gasteiger charge is 2.26. The van der Waals surface area contributed by atoms with Gasteiger partial charge in [0.15, 0.2) is 0 Å². The monoisotopic (exact) mass is 198 g/mol. The van der Waals surface area contributed by atoms with Crippen LogP contribution in [0.5, 0.6) is 0 Å². The molecule has 0 aliphatic rings. The molecule has 0 aromatic heterocycles. The van der Waals surface area contributed by atoms with Gasteiger partial charge in [-0.25, -0.2) is 0 Å². The van der Waals surface area contributed by atoms with E-state index in [1.54, 1.807) is 6.08 Å². The molecule has 0 saturated carbocycles. The van der Waals surface area contributed by atoms with E-state index in [9.17, 15) is 5.11 Å². The predicted molar refractivity (Wildman–Crippen MR) is 60.0 cm³/mol. The minimum absolute atomic E-state index is 0.212. The Labute approximate surface area is 87.3 Å². The minimum atomic E-state index is -0.584. The van der Waals surface area contributed by atoms with Crippen molar-refractivity contribution < 1.29 is 9.84 Å². The largest absolute Gasteiger partial charge is 0.495 e. The fourth-order valence-corrected chi connectivity index (χ4v) is 1.04. The lowest BCUT2D eigenvalue weighted by Gasteiger charge is -2.27. The second-order valence-corrected chi connectivity index (χ2v) is 4.59. The zero-order valence-corrected chi connectivity index (χ0v) is 9.92. The summed E-state index contributed by atoms with van der Waals surface area (Å²) in [5.74, 6) is 0.604. The van der Waals surface area contributed by atoms with Crippen LogP contribution in [0.25, 0.3) is 0 Å². The first-order valence-electron chi connectivity index (χ1n) is 4.97. The first-order valence-corrected chi connectivity index (χ1v) is 4.97. The Morgan fingerprint density at radius 3 is 2.29 bits per heavy atom. The van der Waals surface area contributed by atoms with Crippen molar-refractivity contribution in [3.05, 3.63) is 24.0 Å². The fourth-order valence-electron chi connectivity index (χ4n) is 1.04. The Kier molecular flexibility index (Phi) is 4.92.